The summed E-state index contributed by atoms with van der Waals surface area (Å²) in [5, 5.41) is 0. The van der Waals surface area contributed by atoms with Gasteiger partial charge in [0.25, 0.3) is 0 Å². The molecule has 3 heteroatoms. The summed E-state index contributed by atoms with van der Waals surface area (Å²) in [6.45, 7) is 3.74. The van der Waals surface area contributed by atoms with Crippen LogP contribution in [-0.2, 0) is 26.2 Å². The first-order chi connectivity index (χ1) is 2.89. The average molecular weight is 318 g/mol. The Morgan fingerprint density at radius 1 is 0.929 bits per heavy atom. The SMILES string of the molecule is Cl.Cl.[CH2-]C1=CC=CC1.[CH3-].[CH3-].[CH3-].[CH3-].[CH3-].[Zr]. The fraction of sp³-hybridized carbons (Fsp3) is 0.0909. The molecule has 0 aromatic carbocycles. The minimum atomic E-state index is 0. The van der Waals surface area contributed by atoms with Crippen LogP contribution in [0.1, 0.15) is 6.42 Å². The van der Waals surface area contributed by atoms with Gasteiger partial charge in [-0.3, -0.25) is 0 Å². The molecule has 92 valence electrons. The molecule has 0 atom stereocenters. The van der Waals surface area contributed by atoms with Crippen LogP contribution in [0, 0.1) is 44.1 Å². The fourth-order valence-corrected chi connectivity index (χ4v) is 0.492. The Kier molecular flexibility index (Phi) is 162. The van der Waals surface area contributed by atoms with Crippen LogP contribution >= 0.6 is 24.8 Å². The van der Waals surface area contributed by atoms with Crippen LogP contribution in [0.25, 0.3) is 0 Å². The summed E-state index contributed by atoms with van der Waals surface area (Å²) < 4.78 is 0. The molecule has 0 fully saturated rings. The van der Waals surface area contributed by atoms with E-state index in [-0.39, 0.29) is 88.2 Å². The van der Waals surface area contributed by atoms with Crippen LogP contribution in [0.4, 0.5) is 0 Å². The minimum Gasteiger partial charge on any atom is -0.358 e. The number of hydrogen-bond donors (Lipinski definition) is 0. The molecule has 0 nitrogen and oxygen atoms in total. The van der Waals surface area contributed by atoms with E-state index < -0.39 is 0 Å². The van der Waals surface area contributed by atoms with Crippen molar-refractivity contribution in [2.24, 2.45) is 0 Å². The third-order valence-corrected chi connectivity index (χ3v) is 0.848. The van der Waals surface area contributed by atoms with Gasteiger partial charge in [0.1, 0.15) is 0 Å². The van der Waals surface area contributed by atoms with Crippen LogP contribution < -0.4 is 0 Å². The fourth-order valence-electron chi connectivity index (χ4n) is 0.492. The number of halogens is 2. The molecular weight excluding hydrogens is 294 g/mol. The van der Waals surface area contributed by atoms with Crippen LogP contribution in [0.5, 0.6) is 0 Å². The summed E-state index contributed by atoms with van der Waals surface area (Å²) >= 11 is 0. The van der Waals surface area contributed by atoms with E-state index in [2.05, 4.69) is 13.0 Å². The molecule has 0 bridgehead atoms. The summed E-state index contributed by atoms with van der Waals surface area (Å²) in [6, 6.07) is 0. The second kappa shape index (κ2) is 37.1. The first-order valence-corrected chi connectivity index (χ1v) is 2.07. The first kappa shape index (κ1) is 60.9. The zero-order chi connectivity index (χ0) is 4.41. The van der Waals surface area contributed by atoms with E-state index in [9.17, 15) is 0 Å². The van der Waals surface area contributed by atoms with Gasteiger partial charge in [0.2, 0.25) is 0 Å². The molecule has 1 aliphatic carbocycles. The van der Waals surface area contributed by atoms with Gasteiger partial charge in [-0.25, -0.2) is 18.6 Å². The molecule has 0 heterocycles. The largest absolute Gasteiger partial charge is 0.358 e. The van der Waals surface area contributed by atoms with Gasteiger partial charge in [-0.1, -0.05) is 0 Å². The van der Waals surface area contributed by atoms with Gasteiger partial charge < -0.3 is 37.1 Å². The summed E-state index contributed by atoms with van der Waals surface area (Å²) in [6.07, 6.45) is 7.21. The Balaban J connectivity index is -0.00000000750. The van der Waals surface area contributed by atoms with E-state index in [1.54, 1.807) is 0 Å². The standard InChI is InChI=1S/C6H7.5CH3.2ClH.Zr/c1-6-4-2-3-5-6;;;;;;;;/h2-4H,1,5H2;5*1H3;2*1H;/q6*-1;;;. The van der Waals surface area contributed by atoms with Crippen molar-refractivity contribution in [1.82, 2.24) is 0 Å². The van der Waals surface area contributed by atoms with Crippen molar-refractivity contribution in [1.29, 1.82) is 0 Å². The van der Waals surface area contributed by atoms with Crippen molar-refractivity contribution in [3.05, 3.63) is 67.9 Å². The molecule has 1 aliphatic rings. The molecule has 0 radical (unpaired) electrons. The van der Waals surface area contributed by atoms with Gasteiger partial charge in [0, 0.05) is 26.2 Å². The molecule has 14 heavy (non-hydrogen) atoms. The zero-order valence-corrected chi connectivity index (χ0v) is 14.1. The van der Waals surface area contributed by atoms with Crippen LogP contribution in [-0.4, -0.2) is 0 Å². The van der Waals surface area contributed by atoms with E-state index in [4.69, 9.17) is 0 Å². The predicted octanol–water partition coefficient (Wildman–Crippen LogP) is 4.80. The molecule has 0 saturated heterocycles. The maximum Gasteiger partial charge on any atom is 0 e. The normalized spacial score (nSPS) is 7.86. The van der Waals surface area contributed by atoms with Crippen LogP contribution in [0.15, 0.2) is 23.8 Å². The van der Waals surface area contributed by atoms with Crippen molar-refractivity contribution in [2.45, 2.75) is 6.42 Å². The third kappa shape index (κ3) is 29.3. The predicted molar refractivity (Wildman–Crippen MR) is 73.8 cm³/mol. The number of allylic oxidation sites excluding steroid dienone is 4. The van der Waals surface area contributed by atoms with E-state index in [1.807, 2.05) is 12.2 Å². The monoisotopic (exact) mass is 316 g/mol. The molecular formula is C11H24Cl2Zr-6. The van der Waals surface area contributed by atoms with Crippen molar-refractivity contribution in [2.75, 3.05) is 0 Å². The van der Waals surface area contributed by atoms with Crippen LogP contribution in [0.2, 0.25) is 0 Å². The zero-order valence-electron chi connectivity index (χ0n) is 9.96. The summed E-state index contributed by atoms with van der Waals surface area (Å²) in [5.41, 5.74) is 1.22. The van der Waals surface area contributed by atoms with E-state index in [0.29, 0.717) is 0 Å². The van der Waals surface area contributed by atoms with E-state index in [1.165, 1.54) is 5.57 Å². The van der Waals surface area contributed by atoms with E-state index >= 15 is 0 Å². The maximum absolute atomic E-state index is 3.74. The Labute approximate surface area is 125 Å². The molecule has 0 saturated carbocycles. The summed E-state index contributed by atoms with van der Waals surface area (Å²) in [4.78, 5) is 0. The van der Waals surface area contributed by atoms with Crippen molar-refractivity contribution in [3.8, 4) is 0 Å². The maximum atomic E-state index is 3.74. The van der Waals surface area contributed by atoms with E-state index in [0.717, 1.165) is 6.42 Å². The van der Waals surface area contributed by atoms with Crippen molar-refractivity contribution >= 4 is 24.8 Å². The second-order valence-corrected chi connectivity index (χ2v) is 1.46. The molecule has 0 aromatic rings. The van der Waals surface area contributed by atoms with Crippen LogP contribution in [0.3, 0.4) is 0 Å². The molecule has 1 rings (SSSR count). The quantitative estimate of drug-likeness (QED) is 0.563. The molecule has 0 aliphatic heterocycles. The van der Waals surface area contributed by atoms with Crippen molar-refractivity contribution in [3.63, 3.8) is 0 Å². The Morgan fingerprint density at radius 2 is 1.29 bits per heavy atom. The van der Waals surface area contributed by atoms with Gasteiger partial charge in [-0.15, -0.1) is 37.0 Å². The van der Waals surface area contributed by atoms with Gasteiger partial charge in [0.15, 0.2) is 0 Å². The molecule has 0 aromatic heterocycles. The van der Waals surface area contributed by atoms with Crippen molar-refractivity contribution < 1.29 is 26.2 Å². The number of rotatable bonds is 0. The average Bonchev–Trinajstić information content (AvgIpc) is 1.86. The molecule has 0 spiro atoms. The number of hydrogen-bond acceptors (Lipinski definition) is 0. The smallest absolute Gasteiger partial charge is 0 e. The second-order valence-electron chi connectivity index (χ2n) is 1.46. The topological polar surface area (TPSA) is 0 Å². The van der Waals surface area contributed by atoms with Gasteiger partial charge in [-0.05, 0) is 6.42 Å². The van der Waals surface area contributed by atoms with Gasteiger partial charge >= 0.3 is 0 Å². The third-order valence-electron chi connectivity index (χ3n) is 0.848. The van der Waals surface area contributed by atoms with Gasteiger partial charge in [-0.2, -0.15) is 0 Å². The summed E-state index contributed by atoms with van der Waals surface area (Å²) in [5.74, 6) is 0. The minimum absolute atomic E-state index is 0. The Bertz CT molecular complexity index is 110. The Morgan fingerprint density at radius 3 is 1.36 bits per heavy atom. The van der Waals surface area contributed by atoms with Gasteiger partial charge in [0.05, 0.1) is 0 Å². The molecule has 0 unspecified atom stereocenters. The molecule has 0 N–H and O–H groups in total. The molecule has 0 amide bonds. The first-order valence-electron chi connectivity index (χ1n) is 2.07. The Hall–Kier alpha value is 0.813. The summed E-state index contributed by atoms with van der Waals surface area (Å²) in [7, 11) is 0.